The number of aryl methyl sites for hydroxylation is 2. The summed E-state index contributed by atoms with van der Waals surface area (Å²) in [5.74, 6) is -2.50. The van der Waals surface area contributed by atoms with Crippen molar-refractivity contribution in [2.75, 3.05) is 13.1 Å². The molecule has 2 heterocycles. The molecular weight excluding hydrogens is 284 g/mol. The van der Waals surface area contributed by atoms with Crippen molar-refractivity contribution in [1.82, 2.24) is 15.1 Å². The van der Waals surface area contributed by atoms with Crippen molar-refractivity contribution in [3.8, 4) is 11.3 Å². The summed E-state index contributed by atoms with van der Waals surface area (Å²) in [5, 5.41) is 7.23. The summed E-state index contributed by atoms with van der Waals surface area (Å²) < 4.78 is 26.5. The standard InChI is InChI=1S/C17H21F2N3/c1-12-3-4-13(2)15(9-12)16-14(10-20-21-16)11-22-7-5-17(18,19)6-8-22/h3-4,9-10H,5-8,11H2,1-2H3,(H,20,21). The van der Waals surface area contributed by atoms with Crippen molar-refractivity contribution in [1.29, 1.82) is 0 Å². The minimum Gasteiger partial charge on any atom is -0.298 e. The lowest BCUT2D eigenvalue weighted by atomic mass is 9.99. The van der Waals surface area contributed by atoms with Crippen LogP contribution >= 0.6 is 0 Å². The van der Waals surface area contributed by atoms with Gasteiger partial charge in [-0.1, -0.05) is 17.7 Å². The predicted molar refractivity (Wildman–Crippen MR) is 83.0 cm³/mol. The summed E-state index contributed by atoms with van der Waals surface area (Å²) >= 11 is 0. The lowest BCUT2D eigenvalue weighted by Crippen LogP contribution is -2.38. The maximum atomic E-state index is 13.3. The second kappa shape index (κ2) is 5.80. The minimum absolute atomic E-state index is 0.0519. The molecule has 0 atom stereocenters. The smallest absolute Gasteiger partial charge is 0.250 e. The molecule has 3 rings (SSSR count). The first-order valence-electron chi connectivity index (χ1n) is 7.65. The van der Waals surface area contributed by atoms with E-state index in [-0.39, 0.29) is 12.8 Å². The van der Waals surface area contributed by atoms with E-state index in [0.29, 0.717) is 19.6 Å². The highest BCUT2D eigenvalue weighted by atomic mass is 19.3. The van der Waals surface area contributed by atoms with Crippen molar-refractivity contribution < 1.29 is 8.78 Å². The molecule has 0 amide bonds. The summed E-state index contributed by atoms with van der Waals surface area (Å²) in [6, 6.07) is 6.31. The van der Waals surface area contributed by atoms with Crippen LogP contribution in [0.4, 0.5) is 8.78 Å². The van der Waals surface area contributed by atoms with Crippen LogP contribution in [-0.4, -0.2) is 34.1 Å². The van der Waals surface area contributed by atoms with Gasteiger partial charge in [0.05, 0.1) is 11.9 Å². The Kier molecular flexibility index (Phi) is 4.00. The van der Waals surface area contributed by atoms with E-state index in [0.717, 1.165) is 16.8 Å². The molecule has 0 radical (unpaired) electrons. The molecule has 2 aromatic rings. The van der Waals surface area contributed by atoms with Gasteiger partial charge in [-0.15, -0.1) is 0 Å². The zero-order chi connectivity index (χ0) is 15.7. The Hall–Kier alpha value is -1.75. The molecule has 1 saturated heterocycles. The second-order valence-corrected chi connectivity index (χ2v) is 6.22. The normalized spacial score (nSPS) is 18.5. The van der Waals surface area contributed by atoms with Crippen LogP contribution in [0, 0.1) is 13.8 Å². The molecular formula is C17H21F2N3. The van der Waals surface area contributed by atoms with Crippen molar-refractivity contribution >= 4 is 0 Å². The third-order valence-electron chi connectivity index (χ3n) is 4.36. The molecule has 5 heteroatoms. The number of likely N-dealkylation sites (tertiary alicyclic amines) is 1. The first-order valence-corrected chi connectivity index (χ1v) is 7.65. The van der Waals surface area contributed by atoms with Gasteiger partial charge in [0.1, 0.15) is 0 Å². The third kappa shape index (κ3) is 3.19. The van der Waals surface area contributed by atoms with Crippen LogP contribution in [-0.2, 0) is 6.54 Å². The highest BCUT2D eigenvalue weighted by Gasteiger charge is 2.34. The molecule has 1 fully saturated rings. The molecule has 3 nitrogen and oxygen atoms in total. The van der Waals surface area contributed by atoms with Gasteiger partial charge in [0.25, 0.3) is 5.92 Å². The zero-order valence-corrected chi connectivity index (χ0v) is 13.0. The van der Waals surface area contributed by atoms with Crippen molar-refractivity contribution in [3.05, 3.63) is 41.1 Å². The Morgan fingerprint density at radius 3 is 2.68 bits per heavy atom. The van der Waals surface area contributed by atoms with Gasteiger partial charge >= 0.3 is 0 Å². The van der Waals surface area contributed by atoms with Crippen LogP contribution in [0.15, 0.2) is 24.4 Å². The fourth-order valence-electron chi connectivity index (χ4n) is 2.95. The third-order valence-corrected chi connectivity index (χ3v) is 4.36. The van der Waals surface area contributed by atoms with E-state index < -0.39 is 5.92 Å². The van der Waals surface area contributed by atoms with Crippen molar-refractivity contribution in [3.63, 3.8) is 0 Å². The van der Waals surface area contributed by atoms with E-state index in [1.54, 1.807) is 0 Å². The molecule has 0 bridgehead atoms. The first-order chi connectivity index (χ1) is 10.4. The molecule has 0 saturated carbocycles. The van der Waals surface area contributed by atoms with Gasteiger partial charge in [0.15, 0.2) is 0 Å². The van der Waals surface area contributed by atoms with Gasteiger partial charge in [-0.25, -0.2) is 8.78 Å². The summed E-state index contributed by atoms with van der Waals surface area (Å²) in [7, 11) is 0. The van der Waals surface area contributed by atoms with Gasteiger partial charge in [0.2, 0.25) is 0 Å². The van der Waals surface area contributed by atoms with Gasteiger partial charge < -0.3 is 0 Å². The molecule has 1 N–H and O–H groups in total. The lowest BCUT2D eigenvalue weighted by molar-refractivity contribution is -0.0566. The van der Waals surface area contributed by atoms with E-state index in [1.165, 1.54) is 11.1 Å². The summed E-state index contributed by atoms with van der Waals surface area (Å²) in [6.45, 7) is 5.66. The number of aromatic nitrogens is 2. The van der Waals surface area contributed by atoms with Crippen LogP contribution in [0.5, 0.6) is 0 Å². The van der Waals surface area contributed by atoms with Crippen LogP contribution < -0.4 is 0 Å². The maximum absolute atomic E-state index is 13.3. The quantitative estimate of drug-likeness (QED) is 0.932. The molecule has 0 unspecified atom stereocenters. The van der Waals surface area contributed by atoms with Crippen LogP contribution in [0.1, 0.15) is 29.5 Å². The first kappa shape index (κ1) is 15.2. The van der Waals surface area contributed by atoms with E-state index in [2.05, 4.69) is 47.1 Å². The Morgan fingerprint density at radius 2 is 1.95 bits per heavy atom. The molecule has 0 spiro atoms. The number of benzene rings is 1. The fourth-order valence-corrected chi connectivity index (χ4v) is 2.95. The number of rotatable bonds is 3. The predicted octanol–water partition coefficient (Wildman–Crippen LogP) is 3.92. The Bertz CT molecular complexity index is 654. The largest absolute Gasteiger partial charge is 0.298 e. The molecule has 0 aliphatic carbocycles. The number of nitrogens with zero attached hydrogens (tertiary/aromatic N) is 2. The summed E-state index contributed by atoms with van der Waals surface area (Å²) in [4.78, 5) is 2.08. The average Bonchev–Trinajstić information content (AvgIpc) is 2.92. The van der Waals surface area contributed by atoms with E-state index in [1.807, 2.05) is 6.20 Å². The molecule has 1 aromatic heterocycles. The van der Waals surface area contributed by atoms with Crippen molar-refractivity contribution in [2.24, 2.45) is 0 Å². The number of hydrogen-bond donors (Lipinski definition) is 1. The van der Waals surface area contributed by atoms with Crippen LogP contribution in [0.2, 0.25) is 0 Å². The van der Waals surface area contributed by atoms with Gasteiger partial charge in [0, 0.05) is 43.6 Å². The zero-order valence-electron chi connectivity index (χ0n) is 13.0. The number of H-pyrrole nitrogens is 1. The average molecular weight is 305 g/mol. The molecule has 1 aliphatic rings. The Morgan fingerprint density at radius 1 is 1.23 bits per heavy atom. The van der Waals surface area contributed by atoms with E-state index in [9.17, 15) is 8.78 Å². The SMILES string of the molecule is Cc1ccc(C)c(-c2[nH]ncc2CN2CCC(F)(F)CC2)c1. The Balaban J connectivity index is 1.80. The number of hydrogen-bond acceptors (Lipinski definition) is 2. The van der Waals surface area contributed by atoms with Crippen LogP contribution in [0.25, 0.3) is 11.3 Å². The second-order valence-electron chi connectivity index (χ2n) is 6.22. The fraction of sp³-hybridized carbons (Fsp3) is 0.471. The van der Waals surface area contributed by atoms with E-state index in [4.69, 9.17) is 0 Å². The number of nitrogens with one attached hydrogen (secondary N) is 1. The number of aromatic amines is 1. The molecule has 1 aliphatic heterocycles. The van der Waals surface area contributed by atoms with Crippen molar-refractivity contribution in [2.45, 2.75) is 39.2 Å². The number of alkyl halides is 2. The number of halogens is 2. The number of piperidine rings is 1. The molecule has 118 valence electrons. The topological polar surface area (TPSA) is 31.9 Å². The summed E-state index contributed by atoms with van der Waals surface area (Å²) in [6.07, 6.45) is 1.71. The molecule has 1 aromatic carbocycles. The van der Waals surface area contributed by atoms with Gasteiger partial charge in [-0.05, 0) is 25.5 Å². The van der Waals surface area contributed by atoms with E-state index >= 15 is 0 Å². The monoisotopic (exact) mass is 305 g/mol. The highest BCUT2D eigenvalue weighted by molar-refractivity contribution is 5.67. The Labute approximate surface area is 129 Å². The summed E-state index contributed by atoms with van der Waals surface area (Å²) in [5.41, 5.74) is 5.58. The highest BCUT2D eigenvalue weighted by Crippen LogP contribution is 2.30. The maximum Gasteiger partial charge on any atom is 0.250 e. The van der Waals surface area contributed by atoms with Gasteiger partial charge in [-0.2, -0.15) is 5.10 Å². The lowest BCUT2D eigenvalue weighted by Gasteiger charge is -2.31. The van der Waals surface area contributed by atoms with Gasteiger partial charge in [-0.3, -0.25) is 10.00 Å². The van der Waals surface area contributed by atoms with Crippen LogP contribution in [0.3, 0.4) is 0 Å². The molecule has 22 heavy (non-hydrogen) atoms. The minimum atomic E-state index is -2.50.